The van der Waals surface area contributed by atoms with E-state index in [0.717, 1.165) is 31.6 Å². The Morgan fingerprint density at radius 3 is 2.45 bits per heavy atom. The molecule has 0 aromatic heterocycles. The molecule has 1 aliphatic heterocycles. The average molecular weight is 295 g/mol. The summed E-state index contributed by atoms with van der Waals surface area (Å²) in [6.07, 6.45) is 3.27. The molecule has 20 heavy (non-hydrogen) atoms. The zero-order valence-corrected chi connectivity index (χ0v) is 11.7. The first-order chi connectivity index (χ1) is 9.49. The number of halogens is 1. The molecule has 3 rings (SSSR count). The van der Waals surface area contributed by atoms with Crippen LogP contribution in [0.25, 0.3) is 0 Å². The van der Waals surface area contributed by atoms with Gasteiger partial charge >= 0.3 is 0 Å². The maximum Gasteiger partial charge on any atom is 0.271 e. The van der Waals surface area contributed by atoms with E-state index in [9.17, 15) is 14.9 Å². The van der Waals surface area contributed by atoms with E-state index in [0.29, 0.717) is 23.6 Å². The van der Waals surface area contributed by atoms with Crippen molar-refractivity contribution in [1.29, 1.82) is 0 Å². The van der Waals surface area contributed by atoms with Gasteiger partial charge in [0.2, 0.25) is 0 Å². The average Bonchev–Trinajstić information content (AvgIpc) is 2.38. The highest BCUT2D eigenvalue weighted by Gasteiger charge is 2.45. The molecule has 106 valence electrons. The molecule has 1 aromatic carbocycles. The molecule has 0 atom stereocenters. The summed E-state index contributed by atoms with van der Waals surface area (Å²) in [5.41, 5.74) is 1.11. The molecule has 1 saturated heterocycles. The number of carbonyl (C=O) groups excluding carboxylic acids is 1. The van der Waals surface area contributed by atoms with E-state index in [-0.39, 0.29) is 11.1 Å². The minimum absolute atomic E-state index is 0.0113. The summed E-state index contributed by atoms with van der Waals surface area (Å²) in [5, 5.41) is 11.1. The van der Waals surface area contributed by atoms with Gasteiger partial charge in [0.25, 0.3) is 5.69 Å². The Labute approximate surface area is 121 Å². The van der Waals surface area contributed by atoms with Crippen LogP contribution in [0.3, 0.4) is 0 Å². The van der Waals surface area contributed by atoms with Crippen molar-refractivity contribution < 1.29 is 9.72 Å². The Morgan fingerprint density at radius 1 is 1.25 bits per heavy atom. The lowest BCUT2D eigenvalue weighted by atomic mass is 9.68. The smallest absolute Gasteiger partial charge is 0.271 e. The second-order valence-electron chi connectivity index (χ2n) is 5.79. The van der Waals surface area contributed by atoms with Crippen LogP contribution in [0.2, 0.25) is 5.02 Å². The zero-order chi connectivity index (χ0) is 14.3. The van der Waals surface area contributed by atoms with E-state index in [1.165, 1.54) is 12.1 Å². The number of hydrogen-bond donors (Lipinski definition) is 0. The van der Waals surface area contributed by atoms with Gasteiger partial charge in [-0.25, -0.2) is 0 Å². The Morgan fingerprint density at radius 2 is 1.90 bits per heavy atom. The lowest BCUT2D eigenvalue weighted by Crippen LogP contribution is -2.58. The monoisotopic (exact) mass is 294 g/mol. The predicted molar refractivity (Wildman–Crippen MR) is 76.2 cm³/mol. The third kappa shape index (κ3) is 2.26. The fraction of sp³-hybridized carbons (Fsp3) is 0.500. The molecule has 0 amide bonds. The molecule has 2 aliphatic rings. The number of nitrogens with zero attached hydrogens (tertiary/aromatic N) is 2. The van der Waals surface area contributed by atoms with Gasteiger partial charge in [0.05, 0.1) is 15.6 Å². The van der Waals surface area contributed by atoms with Crippen LogP contribution in [0.4, 0.5) is 11.4 Å². The van der Waals surface area contributed by atoms with Gasteiger partial charge in [0.15, 0.2) is 0 Å². The summed E-state index contributed by atoms with van der Waals surface area (Å²) in [7, 11) is 0. The molecule has 1 spiro atoms. The molecular weight excluding hydrogens is 280 g/mol. The molecule has 0 radical (unpaired) electrons. The summed E-state index contributed by atoms with van der Waals surface area (Å²) < 4.78 is 0. The highest BCUT2D eigenvalue weighted by atomic mass is 35.5. The Kier molecular flexibility index (Phi) is 3.17. The minimum Gasteiger partial charge on any atom is -0.369 e. The lowest BCUT2D eigenvalue weighted by molar-refractivity contribution is -0.384. The largest absolute Gasteiger partial charge is 0.369 e. The van der Waals surface area contributed by atoms with Crippen molar-refractivity contribution in [3.8, 4) is 0 Å². The van der Waals surface area contributed by atoms with E-state index in [1.54, 1.807) is 6.07 Å². The van der Waals surface area contributed by atoms with Crippen molar-refractivity contribution in [3.05, 3.63) is 33.3 Å². The molecule has 0 unspecified atom stereocenters. The van der Waals surface area contributed by atoms with Crippen molar-refractivity contribution in [2.24, 2.45) is 5.41 Å². The number of nitro benzene ring substituents is 1. The highest BCUT2D eigenvalue weighted by Crippen LogP contribution is 2.46. The van der Waals surface area contributed by atoms with Crippen molar-refractivity contribution in [1.82, 2.24) is 0 Å². The number of non-ortho nitro benzene ring substituents is 1. The van der Waals surface area contributed by atoms with Gasteiger partial charge in [-0.05, 0) is 18.9 Å². The number of carbonyl (C=O) groups is 1. The van der Waals surface area contributed by atoms with Gasteiger partial charge in [0.1, 0.15) is 5.78 Å². The number of nitro groups is 1. The molecule has 1 aromatic rings. The van der Waals surface area contributed by atoms with Crippen LogP contribution in [0, 0.1) is 15.5 Å². The van der Waals surface area contributed by atoms with Gasteiger partial charge in [-0.1, -0.05) is 11.6 Å². The van der Waals surface area contributed by atoms with Crippen LogP contribution in [-0.4, -0.2) is 23.8 Å². The minimum atomic E-state index is -0.444. The predicted octanol–water partition coefficient (Wildman–Crippen LogP) is 3.20. The number of Topliss-reactive ketones (excluding diaryl/α,β-unsaturated/α-hetero) is 1. The maximum absolute atomic E-state index is 11.3. The van der Waals surface area contributed by atoms with E-state index in [2.05, 4.69) is 4.90 Å². The number of rotatable bonds is 2. The van der Waals surface area contributed by atoms with Gasteiger partial charge in [-0.3, -0.25) is 14.9 Å². The Hall–Kier alpha value is -1.62. The van der Waals surface area contributed by atoms with E-state index in [4.69, 9.17) is 11.6 Å². The summed E-state index contributed by atoms with van der Waals surface area (Å²) in [4.78, 5) is 23.7. The van der Waals surface area contributed by atoms with Crippen molar-refractivity contribution >= 4 is 28.8 Å². The van der Waals surface area contributed by atoms with Crippen LogP contribution >= 0.6 is 11.6 Å². The number of anilines is 1. The molecule has 5 nitrogen and oxygen atoms in total. The SMILES string of the molecule is O=C1CCC2(CC1)CN(c1ccc([N+](=O)[O-])cc1Cl)C2. The second-order valence-corrected chi connectivity index (χ2v) is 6.19. The number of ketones is 1. The van der Waals surface area contributed by atoms with Crippen LogP contribution in [0.15, 0.2) is 18.2 Å². The standard InChI is InChI=1S/C14H15ClN2O3/c15-12-7-10(17(19)20)1-2-13(12)16-8-14(9-16)5-3-11(18)4-6-14/h1-2,7H,3-6,8-9H2. The lowest BCUT2D eigenvalue weighted by Gasteiger charge is -2.53. The first-order valence-electron chi connectivity index (χ1n) is 6.70. The van der Waals surface area contributed by atoms with Crippen molar-refractivity contribution in [3.63, 3.8) is 0 Å². The molecular formula is C14H15ClN2O3. The van der Waals surface area contributed by atoms with Gasteiger partial charge in [0, 0.05) is 43.5 Å². The molecule has 0 N–H and O–H groups in total. The molecule has 1 heterocycles. The fourth-order valence-electron chi connectivity index (χ4n) is 3.18. The summed E-state index contributed by atoms with van der Waals surface area (Å²) in [6, 6.07) is 4.59. The summed E-state index contributed by atoms with van der Waals surface area (Å²) >= 11 is 6.13. The Bertz CT molecular complexity index is 570. The van der Waals surface area contributed by atoms with Gasteiger partial charge in [-0.2, -0.15) is 0 Å². The van der Waals surface area contributed by atoms with Crippen LogP contribution < -0.4 is 4.90 Å². The highest BCUT2D eigenvalue weighted by molar-refractivity contribution is 6.33. The van der Waals surface area contributed by atoms with Crippen molar-refractivity contribution in [2.45, 2.75) is 25.7 Å². The molecule has 1 aliphatic carbocycles. The topological polar surface area (TPSA) is 63.5 Å². The van der Waals surface area contributed by atoms with Gasteiger partial charge < -0.3 is 4.90 Å². The third-order valence-corrected chi connectivity index (χ3v) is 4.71. The molecule has 0 bridgehead atoms. The van der Waals surface area contributed by atoms with E-state index in [1.807, 2.05) is 0 Å². The first-order valence-corrected chi connectivity index (χ1v) is 7.08. The number of hydrogen-bond acceptors (Lipinski definition) is 4. The van der Waals surface area contributed by atoms with Crippen molar-refractivity contribution in [2.75, 3.05) is 18.0 Å². The normalized spacial score (nSPS) is 20.9. The molecule has 6 heteroatoms. The quantitative estimate of drug-likeness (QED) is 0.621. The van der Waals surface area contributed by atoms with Crippen LogP contribution in [-0.2, 0) is 4.79 Å². The Balaban J connectivity index is 1.71. The summed E-state index contributed by atoms with van der Waals surface area (Å²) in [5.74, 6) is 0.363. The van der Waals surface area contributed by atoms with E-state index < -0.39 is 4.92 Å². The van der Waals surface area contributed by atoms with Gasteiger partial charge in [-0.15, -0.1) is 0 Å². The number of benzene rings is 1. The first kappa shape index (κ1) is 13.4. The summed E-state index contributed by atoms with van der Waals surface area (Å²) in [6.45, 7) is 1.77. The maximum atomic E-state index is 11.3. The molecule has 2 fully saturated rings. The molecule has 1 saturated carbocycles. The zero-order valence-electron chi connectivity index (χ0n) is 11.0. The third-order valence-electron chi connectivity index (χ3n) is 4.40. The second kappa shape index (κ2) is 4.74. The van der Waals surface area contributed by atoms with E-state index >= 15 is 0 Å². The van der Waals surface area contributed by atoms with Crippen LogP contribution in [0.5, 0.6) is 0 Å². The van der Waals surface area contributed by atoms with Crippen LogP contribution in [0.1, 0.15) is 25.7 Å². The fourth-order valence-corrected chi connectivity index (χ4v) is 3.47.